The van der Waals surface area contributed by atoms with Crippen LogP contribution in [0, 0.1) is 0 Å². The van der Waals surface area contributed by atoms with Gasteiger partial charge in [-0.05, 0) is 48.8 Å². The van der Waals surface area contributed by atoms with E-state index in [1.165, 1.54) is 24.8 Å². The first-order valence-electron chi connectivity index (χ1n) is 9.56. The normalized spacial score (nSPS) is 13.4. The van der Waals surface area contributed by atoms with Gasteiger partial charge < -0.3 is 10.7 Å². The average molecular weight is 421 g/mol. The van der Waals surface area contributed by atoms with Crippen LogP contribution < -0.4 is 10.7 Å². The Morgan fingerprint density at radius 1 is 1.21 bits per heavy atom. The van der Waals surface area contributed by atoms with Gasteiger partial charge in [0.1, 0.15) is 5.15 Å². The van der Waals surface area contributed by atoms with Gasteiger partial charge in [0.2, 0.25) is 0 Å². The highest BCUT2D eigenvalue weighted by Crippen LogP contribution is 2.40. The third-order valence-corrected chi connectivity index (χ3v) is 5.52. The first kappa shape index (κ1) is 22.5. The summed E-state index contributed by atoms with van der Waals surface area (Å²) in [6, 6.07) is 8.19. The Hall–Kier alpha value is -1.76. The van der Waals surface area contributed by atoms with Gasteiger partial charge in [-0.3, -0.25) is 4.79 Å². The maximum Gasteiger partial charge on any atom is 0.155 e. The van der Waals surface area contributed by atoms with E-state index in [-0.39, 0.29) is 0 Å². The molecule has 1 fully saturated rings. The third-order valence-electron chi connectivity index (χ3n) is 4.55. The Morgan fingerprint density at radius 2 is 1.93 bits per heavy atom. The van der Waals surface area contributed by atoms with Crippen LogP contribution >= 0.6 is 23.4 Å². The van der Waals surface area contributed by atoms with Crippen molar-refractivity contribution < 1.29 is 4.79 Å². The van der Waals surface area contributed by atoms with Crippen LogP contribution in [0.25, 0.3) is 0 Å². The number of halogens is 1. The Kier molecular flexibility index (Phi) is 8.60. The fourth-order valence-electron chi connectivity index (χ4n) is 3.00. The van der Waals surface area contributed by atoms with E-state index >= 15 is 0 Å². The summed E-state index contributed by atoms with van der Waals surface area (Å²) < 4.78 is 0. The molecule has 152 valence electrons. The summed E-state index contributed by atoms with van der Waals surface area (Å²) in [6.45, 7) is 4.00. The van der Waals surface area contributed by atoms with Crippen molar-refractivity contribution >= 4 is 46.8 Å². The van der Waals surface area contributed by atoms with Gasteiger partial charge in [-0.15, -0.1) is 11.8 Å². The van der Waals surface area contributed by atoms with Gasteiger partial charge >= 0.3 is 0 Å². The second-order valence-corrected chi connectivity index (χ2v) is 7.83. The van der Waals surface area contributed by atoms with Crippen LogP contribution in [-0.4, -0.2) is 36.6 Å². The fraction of sp³-hybridized carbons (Fsp3) is 0.429. The summed E-state index contributed by atoms with van der Waals surface area (Å²) in [4.78, 5) is 17.1. The fourth-order valence-corrected chi connectivity index (χ4v) is 3.78. The van der Waals surface area contributed by atoms with E-state index in [0.29, 0.717) is 28.1 Å². The third kappa shape index (κ3) is 5.40. The quantitative estimate of drug-likeness (QED) is 0.241. The van der Waals surface area contributed by atoms with Crippen molar-refractivity contribution in [2.24, 2.45) is 0 Å². The van der Waals surface area contributed by atoms with Gasteiger partial charge in [0.05, 0.1) is 16.9 Å². The molecule has 1 saturated carbocycles. The molecule has 0 aliphatic heterocycles. The van der Waals surface area contributed by atoms with Gasteiger partial charge in [0, 0.05) is 19.0 Å². The van der Waals surface area contributed by atoms with Crippen molar-refractivity contribution in [2.45, 2.75) is 43.9 Å². The van der Waals surface area contributed by atoms with Gasteiger partial charge in [0.25, 0.3) is 0 Å². The van der Waals surface area contributed by atoms with Crippen molar-refractivity contribution in [2.75, 3.05) is 31.1 Å². The van der Waals surface area contributed by atoms with Gasteiger partial charge in [-0.2, -0.15) is 0 Å². The molecule has 2 aromatic rings. The van der Waals surface area contributed by atoms with Crippen LogP contribution in [0.1, 0.15) is 54.9 Å². The van der Waals surface area contributed by atoms with Crippen LogP contribution in [0.4, 0.5) is 17.2 Å². The summed E-state index contributed by atoms with van der Waals surface area (Å²) in [7, 11) is 3.66. The van der Waals surface area contributed by atoms with Crippen molar-refractivity contribution in [3.63, 3.8) is 0 Å². The summed E-state index contributed by atoms with van der Waals surface area (Å²) in [6.07, 6.45) is 6.72. The molecule has 0 radical (unpaired) electrons. The Bertz CT molecular complexity index is 809. The predicted octanol–water partition coefficient (Wildman–Crippen LogP) is 6.20. The molecule has 0 bridgehead atoms. The number of rotatable bonds is 7. The summed E-state index contributed by atoms with van der Waals surface area (Å²) in [5.41, 5.74) is 6.45. The van der Waals surface area contributed by atoms with Gasteiger partial charge in [-0.1, -0.05) is 37.9 Å². The van der Waals surface area contributed by atoms with E-state index in [9.17, 15) is 4.79 Å². The maximum atomic E-state index is 11.7. The number of hydrazine groups is 1. The van der Waals surface area contributed by atoms with E-state index in [2.05, 4.69) is 40.2 Å². The number of nitrogens with zero attached hydrogens (tertiary/aromatic N) is 2. The molecule has 0 atom stereocenters. The topological polar surface area (TPSA) is 57.3 Å². The minimum atomic E-state index is 0.319. The van der Waals surface area contributed by atoms with Crippen LogP contribution in [0.2, 0.25) is 5.15 Å². The molecule has 1 aromatic carbocycles. The van der Waals surface area contributed by atoms with Crippen molar-refractivity contribution in [1.82, 2.24) is 9.99 Å². The largest absolute Gasteiger partial charge is 0.354 e. The zero-order valence-electron chi connectivity index (χ0n) is 17.2. The molecule has 3 rings (SSSR count). The molecule has 1 aromatic heterocycles. The Balaban J connectivity index is 0.00000136. The van der Waals surface area contributed by atoms with E-state index in [1.807, 2.05) is 27.9 Å². The maximum absolute atomic E-state index is 11.7. The minimum absolute atomic E-state index is 0.319. The SMILES string of the molecule is CC.CSc1cc(C2CCC2)ccc1Nc1cc(Cl)nc(NN(C)C)c1C=O. The first-order chi connectivity index (χ1) is 13.5. The van der Waals surface area contributed by atoms with Crippen molar-refractivity contribution in [3.05, 3.63) is 40.5 Å². The van der Waals surface area contributed by atoms with E-state index in [1.54, 1.807) is 22.8 Å². The second kappa shape index (κ2) is 10.7. The van der Waals surface area contributed by atoms with E-state index < -0.39 is 0 Å². The van der Waals surface area contributed by atoms with E-state index in [4.69, 9.17) is 11.6 Å². The van der Waals surface area contributed by atoms with Crippen molar-refractivity contribution in [3.8, 4) is 0 Å². The van der Waals surface area contributed by atoms with Crippen LogP contribution in [0.5, 0.6) is 0 Å². The molecule has 7 heteroatoms. The number of carbonyl (C=O) groups is 1. The number of anilines is 3. The highest BCUT2D eigenvalue weighted by Gasteiger charge is 2.20. The zero-order chi connectivity index (χ0) is 20.7. The Morgan fingerprint density at radius 3 is 2.46 bits per heavy atom. The molecule has 2 N–H and O–H groups in total. The van der Waals surface area contributed by atoms with Crippen LogP contribution in [-0.2, 0) is 0 Å². The minimum Gasteiger partial charge on any atom is -0.354 e. The lowest BCUT2D eigenvalue weighted by molar-refractivity contribution is 0.112. The molecule has 5 nitrogen and oxygen atoms in total. The molecule has 28 heavy (non-hydrogen) atoms. The summed E-state index contributed by atoms with van der Waals surface area (Å²) in [5, 5.41) is 5.40. The standard InChI is InChI=1S/C19H23ClN4OS.C2H6/c1-24(2)23-19-14(11-25)16(10-18(20)22-19)21-15-8-7-13(9-17(15)26-3)12-5-4-6-12;1-2/h7-12H,4-6H2,1-3H3,(H2,21,22,23);1-2H3. The number of hydrogen-bond donors (Lipinski definition) is 2. The smallest absolute Gasteiger partial charge is 0.155 e. The van der Waals surface area contributed by atoms with Crippen LogP contribution in [0.15, 0.2) is 29.2 Å². The molecule has 1 heterocycles. The second-order valence-electron chi connectivity index (χ2n) is 6.59. The number of nitrogens with one attached hydrogen (secondary N) is 2. The Labute approximate surface area is 177 Å². The molecule has 0 saturated heterocycles. The number of aldehydes is 1. The molecular weight excluding hydrogens is 392 g/mol. The number of carbonyl (C=O) groups excluding carboxylic acids is 1. The molecule has 1 aliphatic carbocycles. The highest BCUT2D eigenvalue weighted by molar-refractivity contribution is 7.98. The number of thioether (sulfide) groups is 1. The molecular formula is C21H29ClN4OS. The average Bonchev–Trinajstić information content (AvgIpc) is 2.62. The van der Waals surface area contributed by atoms with Crippen molar-refractivity contribution in [1.29, 1.82) is 0 Å². The molecule has 0 unspecified atom stereocenters. The molecule has 0 spiro atoms. The predicted molar refractivity (Wildman–Crippen MR) is 121 cm³/mol. The van der Waals surface area contributed by atoms with Gasteiger partial charge in [0.15, 0.2) is 12.1 Å². The summed E-state index contributed by atoms with van der Waals surface area (Å²) in [5.74, 6) is 1.11. The number of pyridine rings is 1. The van der Waals surface area contributed by atoms with E-state index in [0.717, 1.165) is 16.9 Å². The number of hydrogen-bond acceptors (Lipinski definition) is 6. The summed E-state index contributed by atoms with van der Waals surface area (Å²) >= 11 is 7.85. The lowest BCUT2D eigenvalue weighted by atomic mass is 9.80. The number of aromatic nitrogens is 1. The molecule has 0 amide bonds. The lowest BCUT2D eigenvalue weighted by Crippen LogP contribution is -2.22. The zero-order valence-corrected chi connectivity index (χ0v) is 18.7. The lowest BCUT2D eigenvalue weighted by Gasteiger charge is -2.26. The number of benzene rings is 1. The van der Waals surface area contributed by atoms with Gasteiger partial charge in [-0.25, -0.2) is 9.99 Å². The molecule has 1 aliphatic rings. The van der Waals surface area contributed by atoms with Crippen LogP contribution in [0.3, 0.4) is 0 Å². The monoisotopic (exact) mass is 420 g/mol. The first-order valence-corrected chi connectivity index (χ1v) is 11.2. The highest BCUT2D eigenvalue weighted by atomic mass is 35.5.